The highest BCUT2D eigenvalue weighted by Gasteiger charge is 2.47. The van der Waals surface area contributed by atoms with Crippen molar-refractivity contribution < 1.29 is 19.1 Å². The number of amides is 2. The third-order valence-corrected chi connectivity index (χ3v) is 3.63. The van der Waals surface area contributed by atoms with E-state index in [9.17, 15) is 9.59 Å². The zero-order valence-corrected chi connectivity index (χ0v) is 11.9. The second-order valence-corrected chi connectivity index (χ2v) is 5.63. The van der Waals surface area contributed by atoms with Gasteiger partial charge in [0.25, 0.3) is 0 Å². The summed E-state index contributed by atoms with van der Waals surface area (Å²) in [5.74, 6) is 0.185. The number of morpholine rings is 1. The van der Waals surface area contributed by atoms with Crippen LogP contribution in [0.3, 0.4) is 0 Å². The quantitative estimate of drug-likeness (QED) is 0.791. The number of rotatable bonds is 3. The van der Waals surface area contributed by atoms with Gasteiger partial charge in [0, 0.05) is 7.11 Å². The zero-order chi connectivity index (χ0) is 14.2. The van der Waals surface area contributed by atoms with Crippen molar-refractivity contribution >= 4 is 11.8 Å². The highest BCUT2D eigenvalue weighted by molar-refractivity contribution is 5.97. The Labute approximate surface area is 113 Å². The van der Waals surface area contributed by atoms with Crippen LogP contribution in [-0.4, -0.2) is 54.8 Å². The van der Waals surface area contributed by atoms with Crippen molar-refractivity contribution in [2.24, 2.45) is 5.92 Å². The molecule has 2 amide bonds. The molecule has 2 aliphatic rings. The molecule has 2 rings (SSSR count). The van der Waals surface area contributed by atoms with Crippen LogP contribution in [0.5, 0.6) is 0 Å². The molecule has 0 aromatic rings. The molecule has 0 aliphatic carbocycles. The minimum absolute atomic E-state index is 0.0319. The highest BCUT2D eigenvalue weighted by Crippen LogP contribution is 2.24. The van der Waals surface area contributed by atoms with E-state index in [1.807, 2.05) is 13.8 Å². The summed E-state index contributed by atoms with van der Waals surface area (Å²) in [5.41, 5.74) is 0. The van der Waals surface area contributed by atoms with Crippen LogP contribution in [0.4, 0.5) is 0 Å². The number of hydrogen-bond acceptors (Lipinski definition) is 4. The molecule has 1 N–H and O–H groups in total. The topological polar surface area (TPSA) is 67.9 Å². The second-order valence-electron chi connectivity index (χ2n) is 5.63. The maximum atomic E-state index is 12.4. The molecule has 108 valence electrons. The van der Waals surface area contributed by atoms with Crippen LogP contribution >= 0.6 is 0 Å². The van der Waals surface area contributed by atoms with E-state index in [1.54, 1.807) is 11.8 Å². The molecule has 0 aromatic heterocycles. The van der Waals surface area contributed by atoms with Crippen molar-refractivity contribution in [3.63, 3.8) is 0 Å². The molecule has 6 heteroatoms. The van der Waals surface area contributed by atoms with E-state index in [2.05, 4.69) is 5.32 Å². The fourth-order valence-corrected chi connectivity index (χ4v) is 2.75. The Bertz CT molecular complexity index is 372. The lowest BCUT2D eigenvalue weighted by atomic mass is 9.96. The molecule has 6 nitrogen and oxygen atoms in total. The molecule has 2 aliphatic heterocycles. The minimum atomic E-state index is -0.540. The van der Waals surface area contributed by atoms with Gasteiger partial charge >= 0.3 is 0 Å². The van der Waals surface area contributed by atoms with E-state index >= 15 is 0 Å². The first kappa shape index (κ1) is 14.3. The average Bonchev–Trinajstić information content (AvgIpc) is 2.33. The summed E-state index contributed by atoms with van der Waals surface area (Å²) >= 11 is 0. The van der Waals surface area contributed by atoms with E-state index in [0.717, 1.165) is 0 Å². The Balaban J connectivity index is 2.17. The normalized spacial score (nSPS) is 35.3. The molecule has 2 fully saturated rings. The van der Waals surface area contributed by atoms with E-state index in [1.165, 1.54) is 7.11 Å². The molecular weight excluding hydrogens is 248 g/mol. The summed E-state index contributed by atoms with van der Waals surface area (Å²) in [6, 6.07) is -0.964. The first-order chi connectivity index (χ1) is 8.93. The van der Waals surface area contributed by atoms with Gasteiger partial charge in [0.15, 0.2) is 6.29 Å². The Morgan fingerprint density at radius 2 is 2.16 bits per heavy atom. The van der Waals surface area contributed by atoms with Gasteiger partial charge in [0.05, 0.1) is 12.6 Å². The van der Waals surface area contributed by atoms with Crippen LogP contribution < -0.4 is 5.32 Å². The molecule has 0 bridgehead atoms. The van der Waals surface area contributed by atoms with Crippen molar-refractivity contribution in [3.05, 3.63) is 0 Å². The maximum absolute atomic E-state index is 12.4. The molecule has 0 aromatic carbocycles. The largest absolute Gasteiger partial charge is 0.354 e. The number of carbonyl (C=O) groups is 2. The average molecular weight is 270 g/mol. The third kappa shape index (κ3) is 2.74. The van der Waals surface area contributed by atoms with Crippen LogP contribution in [0, 0.1) is 5.92 Å². The molecular formula is C13H22N2O4. The Morgan fingerprint density at radius 3 is 2.74 bits per heavy atom. The molecule has 0 saturated carbocycles. The Hall–Kier alpha value is -1.14. The van der Waals surface area contributed by atoms with Gasteiger partial charge in [0.2, 0.25) is 11.8 Å². The van der Waals surface area contributed by atoms with Gasteiger partial charge in [-0.1, -0.05) is 13.8 Å². The lowest BCUT2D eigenvalue weighted by Gasteiger charge is -2.46. The van der Waals surface area contributed by atoms with Crippen LogP contribution in [0.2, 0.25) is 0 Å². The van der Waals surface area contributed by atoms with Crippen molar-refractivity contribution in [3.8, 4) is 0 Å². The summed E-state index contributed by atoms with van der Waals surface area (Å²) in [4.78, 5) is 26.2. The SMILES string of the molecule is CO[C@@H]1CN2C(=O)[C@@H](CC(C)C)NC(=O)[C@@H]2[C@@H](C)O1. The lowest BCUT2D eigenvalue weighted by molar-refractivity contribution is -0.218. The van der Waals surface area contributed by atoms with Crippen LogP contribution in [0.15, 0.2) is 0 Å². The van der Waals surface area contributed by atoms with Crippen molar-refractivity contribution in [1.82, 2.24) is 10.2 Å². The van der Waals surface area contributed by atoms with Crippen LogP contribution in [0.25, 0.3) is 0 Å². The highest BCUT2D eigenvalue weighted by atomic mass is 16.7. The fourth-order valence-electron chi connectivity index (χ4n) is 2.75. The Morgan fingerprint density at radius 1 is 1.47 bits per heavy atom. The van der Waals surface area contributed by atoms with Crippen molar-refractivity contribution in [2.45, 2.75) is 51.7 Å². The number of hydrogen-bond donors (Lipinski definition) is 1. The van der Waals surface area contributed by atoms with Gasteiger partial charge in [0.1, 0.15) is 12.1 Å². The van der Waals surface area contributed by atoms with Gasteiger partial charge in [-0.3, -0.25) is 9.59 Å². The van der Waals surface area contributed by atoms with Gasteiger partial charge in [-0.15, -0.1) is 0 Å². The van der Waals surface area contributed by atoms with Gasteiger partial charge < -0.3 is 19.7 Å². The molecule has 0 unspecified atom stereocenters. The number of nitrogens with one attached hydrogen (secondary N) is 1. The number of fused-ring (bicyclic) bond motifs is 1. The number of ether oxygens (including phenoxy) is 2. The molecule has 0 radical (unpaired) electrons. The standard InChI is InChI=1S/C13H22N2O4/c1-7(2)5-9-13(17)15-6-10(18-4)19-8(3)11(15)12(16)14-9/h7-11H,5-6H2,1-4H3,(H,14,16)/t8-,9-,10+,11+/m1/s1. The Kier molecular flexibility index (Phi) is 4.10. The lowest BCUT2D eigenvalue weighted by Crippen LogP contribution is -2.70. The fraction of sp³-hybridized carbons (Fsp3) is 0.846. The first-order valence-corrected chi connectivity index (χ1v) is 6.73. The van der Waals surface area contributed by atoms with Crippen LogP contribution in [-0.2, 0) is 19.1 Å². The molecule has 2 saturated heterocycles. The van der Waals surface area contributed by atoms with E-state index < -0.39 is 18.4 Å². The summed E-state index contributed by atoms with van der Waals surface area (Å²) in [5, 5.41) is 2.81. The first-order valence-electron chi connectivity index (χ1n) is 6.73. The molecule has 19 heavy (non-hydrogen) atoms. The molecule has 2 heterocycles. The maximum Gasteiger partial charge on any atom is 0.246 e. The van der Waals surface area contributed by atoms with Gasteiger partial charge in [-0.25, -0.2) is 0 Å². The summed E-state index contributed by atoms with van der Waals surface area (Å²) in [6.45, 7) is 6.17. The summed E-state index contributed by atoms with van der Waals surface area (Å²) in [7, 11) is 1.54. The number of nitrogens with zero attached hydrogens (tertiary/aromatic N) is 1. The zero-order valence-electron chi connectivity index (χ0n) is 11.9. The number of carbonyl (C=O) groups excluding carboxylic acids is 2. The van der Waals surface area contributed by atoms with Gasteiger partial charge in [-0.2, -0.15) is 0 Å². The monoisotopic (exact) mass is 270 g/mol. The molecule has 4 atom stereocenters. The number of methoxy groups -OCH3 is 1. The predicted octanol–water partition coefficient (Wildman–Crippen LogP) is 0.119. The number of piperazine rings is 1. The van der Waals surface area contributed by atoms with E-state index in [-0.39, 0.29) is 17.9 Å². The minimum Gasteiger partial charge on any atom is -0.354 e. The van der Waals surface area contributed by atoms with Gasteiger partial charge in [-0.05, 0) is 19.3 Å². The van der Waals surface area contributed by atoms with Crippen molar-refractivity contribution in [1.29, 1.82) is 0 Å². The predicted molar refractivity (Wildman–Crippen MR) is 68.2 cm³/mol. The van der Waals surface area contributed by atoms with Crippen LogP contribution in [0.1, 0.15) is 27.2 Å². The van der Waals surface area contributed by atoms with E-state index in [4.69, 9.17) is 9.47 Å². The smallest absolute Gasteiger partial charge is 0.246 e. The molecule has 0 spiro atoms. The second kappa shape index (κ2) is 5.46. The summed E-state index contributed by atoms with van der Waals surface area (Å²) < 4.78 is 10.7. The summed E-state index contributed by atoms with van der Waals surface area (Å²) in [6.07, 6.45) is -0.163. The van der Waals surface area contributed by atoms with E-state index in [0.29, 0.717) is 18.9 Å². The van der Waals surface area contributed by atoms with Crippen molar-refractivity contribution in [2.75, 3.05) is 13.7 Å². The third-order valence-electron chi connectivity index (χ3n) is 3.63.